The average molecular weight is 250 g/mol. The number of carbonyl (C=O) groups excluding carboxylic acids is 1. The van der Waals surface area contributed by atoms with E-state index in [0.717, 1.165) is 18.4 Å². The van der Waals surface area contributed by atoms with E-state index in [1.807, 2.05) is 25.1 Å². The maximum absolute atomic E-state index is 11.8. The molecule has 0 spiro atoms. The van der Waals surface area contributed by atoms with Crippen molar-refractivity contribution in [2.24, 2.45) is 5.92 Å². The van der Waals surface area contributed by atoms with Gasteiger partial charge in [-0.1, -0.05) is 29.8 Å². The van der Waals surface area contributed by atoms with Crippen LogP contribution in [0.5, 0.6) is 0 Å². The molecule has 1 aliphatic rings. The minimum absolute atomic E-state index is 0.0345. The Hall–Kier alpha value is -1.28. The number of rotatable bonds is 3. The van der Waals surface area contributed by atoms with E-state index in [2.05, 4.69) is 17.5 Å². The van der Waals surface area contributed by atoms with E-state index in [-0.39, 0.29) is 5.91 Å². The normalized spacial score (nSPS) is 18.4. The number of hydrogen-bond donors (Lipinski definition) is 1. The van der Waals surface area contributed by atoms with Crippen LogP contribution in [0.15, 0.2) is 30.4 Å². The highest BCUT2D eigenvalue weighted by atomic mass is 35.5. The predicted molar refractivity (Wildman–Crippen MR) is 71.3 cm³/mol. The summed E-state index contributed by atoms with van der Waals surface area (Å²) in [5.74, 6) is 0.423. The first-order valence-electron chi connectivity index (χ1n) is 5.88. The Morgan fingerprint density at radius 2 is 2.35 bits per heavy atom. The van der Waals surface area contributed by atoms with Gasteiger partial charge in [0.2, 0.25) is 5.91 Å². The van der Waals surface area contributed by atoms with Crippen molar-refractivity contribution >= 4 is 23.2 Å². The lowest BCUT2D eigenvalue weighted by molar-refractivity contribution is -0.116. The first-order valence-corrected chi connectivity index (χ1v) is 6.25. The van der Waals surface area contributed by atoms with E-state index in [9.17, 15) is 4.79 Å². The lowest BCUT2D eigenvalue weighted by Crippen LogP contribution is -2.15. The average Bonchev–Trinajstić information content (AvgIpc) is 2.75. The summed E-state index contributed by atoms with van der Waals surface area (Å²) in [5, 5.41) is 3.46. The van der Waals surface area contributed by atoms with E-state index in [0.29, 0.717) is 23.0 Å². The molecule has 0 aromatic heterocycles. The van der Waals surface area contributed by atoms with Gasteiger partial charge in [0.15, 0.2) is 0 Å². The Labute approximate surface area is 107 Å². The van der Waals surface area contributed by atoms with Gasteiger partial charge in [-0.25, -0.2) is 0 Å². The van der Waals surface area contributed by atoms with Crippen LogP contribution >= 0.6 is 11.6 Å². The van der Waals surface area contributed by atoms with Crippen molar-refractivity contribution in [2.45, 2.75) is 26.2 Å². The summed E-state index contributed by atoms with van der Waals surface area (Å²) in [7, 11) is 0. The van der Waals surface area contributed by atoms with Crippen molar-refractivity contribution < 1.29 is 4.79 Å². The number of allylic oxidation sites excluding steroid dienone is 2. The van der Waals surface area contributed by atoms with Crippen molar-refractivity contribution in [3.63, 3.8) is 0 Å². The van der Waals surface area contributed by atoms with Gasteiger partial charge < -0.3 is 5.32 Å². The molecule has 0 fully saturated rings. The Morgan fingerprint density at radius 3 is 3.00 bits per heavy atom. The number of carbonyl (C=O) groups is 1. The van der Waals surface area contributed by atoms with Gasteiger partial charge in [0.05, 0.1) is 10.7 Å². The molecule has 1 aliphatic carbocycles. The zero-order valence-electron chi connectivity index (χ0n) is 9.87. The summed E-state index contributed by atoms with van der Waals surface area (Å²) in [6.07, 6.45) is 6.96. The SMILES string of the molecule is Cc1ccc(NC(=O)C[C@@H]2C=CCC2)c(Cl)c1. The van der Waals surface area contributed by atoms with Crippen LogP contribution in [0.3, 0.4) is 0 Å². The lowest BCUT2D eigenvalue weighted by Gasteiger charge is -2.10. The van der Waals surface area contributed by atoms with Crippen LogP contribution in [-0.2, 0) is 4.79 Å². The molecular formula is C14H16ClNO. The van der Waals surface area contributed by atoms with Crippen LogP contribution in [0.2, 0.25) is 5.02 Å². The minimum atomic E-state index is 0.0345. The fourth-order valence-corrected chi connectivity index (χ4v) is 2.31. The zero-order chi connectivity index (χ0) is 12.3. The van der Waals surface area contributed by atoms with Gasteiger partial charge >= 0.3 is 0 Å². The molecule has 3 heteroatoms. The van der Waals surface area contributed by atoms with Crippen LogP contribution in [0.1, 0.15) is 24.8 Å². The second-order valence-corrected chi connectivity index (χ2v) is 4.91. The summed E-state index contributed by atoms with van der Waals surface area (Å²) in [6, 6.07) is 5.64. The fourth-order valence-electron chi connectivity index (χ4n) is 2.03. The molecule has 0 heterocycles. The monoisotopic (exact) mass is 249 g/mol. The van der Waals surface area contributed by atoms with Gasteiger partial charge in [-0.3, -0.25) is 4.79 Å². The smallest absolute Gasteiger partial charge is 0.225 e. The minimum Gasteiger partial charge on any atom is -0.325 e. The number of halogens is 1. The molecule has 0 saturated heterocycles. The van der Waals surface area contributed by atoms with E-state index < -0.39 is 0 Å². The molecule has 0 radical (unpaired) electrons. The molecule has 1 N–H and O–H groups in total. The quantitative estimate of drug-likeness (QED) is 0.808. The summed E-state index contributed by atoms with van der Waals surface area (Å²) in [6.45, 7) is 1.97. The van der Waals surface area contributed by atoms with Crippen LogP contribution in [0.25, 0.3) is 0 Å². The highest BCUT2D eigenvalue weighted by Gasteiger charge is 2.14. The van der Waals surface area contributed by atoms with Gasteiger partial charge in [0.1, 0.15) is 0 Å². The molecular weight excluding hydrogens is 234 g/mol. The third-order valence-electron chi connectivity index (χ3n) is 2.96. The highest BCUT2D eigenvalue weighted by molar-refractivity contribution is 6.33. The molecule has 1 atom stereocenters. The topological polar surface area (TPSA) is 29.1 Å². The van der Waals surface area contributed by atoms with Gasteiger partial charge in [0, 0.05) is 6.42 Å². The molecule has 17 heavy (non-hydrogen) atoms. The van der Waals surface area contributed by atoms with Crippen LogP contribution < -0.4 is 5.32 Å². The van der Waals surface area contributed by atoms with Crippen LogP contribution in [-0.4, -0.2) is 5.91 Å². The maximum Gasteiger partial charge on any atom is 0.225 e. The maximum atomic E-state index is 11.8. The molecule has 1 aromatic rings. The first kappa shape index (κ1) is 12.2. The Morgan fingerprint density at radius 1 is 1.53 bits per heavy atom. The van der Waals surface area contributed by atoms with Crippen molar-refractivity contribution in [1.82, 2.24) is 0 Å². The molecule has 1 aromatic carbocycles. The summed E-state index contributed by atoms with van der Waals surface area (Å²) < 4.78 is 0. The molecule has 2 nitrogen and oxygen atoms in total. The Balaban J connectivity index is 1.95. The third kappa shape index (κ3) is 3.34. The van der Waals surface area contributed by atoms with Crippen molar-refractivity contribution in [3.8, 4) is 0 Å². The van der Waals surface area contributed by atoms with Crippen molar-refractivity contribution in [3.05, 3.63) is 40.9 Å². The summed E-state index contributed by atoms with van der Waals surface area (Å²) in [4.78, 5) is 11.8. The molecule has 90 valence electrons. The molecule has 2 rings (SSSR count). The lowest BCUT2D eigenvalue weighted by atomic mass is 10.1. The fraction of sp³-hybridized carbons (Fsp3) is 0.357. The van der Waals surface area contributed by atoms with E-state index in [1.54, 1.807) is 0 Å². The Bertz CT molecular complexity index is 454. The van der Waals surface area contributed by atoms with Gasteiger partial charge in [0.25, 0.3) is 0 Å². The van der Waals surface area contributed by atoms with Crippen LogP contribution in [0, 0.1) is 12.8 Å². The third-order valence-corrected chi connectivity index (χ3v) is 3.27. The van der Waals surface area contributed by atoms with Crippen molar-refractivity contribution in [1.29, 1.82) is 0 Å². The largest absolute Gasteiger partial charge is 0.325 e. The van der Waals surface area contributed by atoms with E-state index in [1.165, 1.54) is 0 Å². The van der Waals surface area contributed by atoms with Crippen LogP contribution in [0.4, 0.5) is 5.69 Å². The molecule has 0 aliphatic heterocycles. The second-order valence-electron chi connectivity index (χ2n) is 4.50. The molecule has 0 unspecified atom stereocenters. The number of amides is 1. The second kappa shape index (κ2) is 5.37. The number of nitrogens with one attached hydrogen (secondary N) is 1. The van der Waals surface area contributed by atoms with Gasteiger partial charge in [-0.05, 0) is 43.4 Å². The number of aryl methyl sites for hydroxylation is 1. The standard InChI is InChI=1S/C14H16ClNO/c1-10-6-7-13(12(15)8-10)16-14(17)9-11-4-2-3-5-11/h2,4,6-8,11H,3,5,9H2,1H3,(H,16,17)/t11-/m1/s1. The summed E-state index contributed by atoms with van der Waals surface area (Å²) in [5.41, 5.74) is 1.79. The highest BCUT2D eigenvalue weighted by Crippen LogP contribution is 2.25. The zero-order valence-corrected chi connectivity index (χ0v) is 10.6. The number of benzene rings is 1. The number of anilines is 1. The Kier molecular flexibility index (Phi) is 3.85. The predicted octanol–water partition coefficient (Wildman–Crippen LogP) is 3.94. The first-order chi connectivity index (χ1) is 8.15. The molecule has 1 amide bonds. The summed E-state index contributed by atoms with van der Waals surface area (Å²) >= 11 is 6.06. The van der Waals surface area contributed by atoms with Crippen molar-refractivity contribution in [2.75, 3.05) is 5.32 Å². The van der Waals surface area contributed by atoms with E-state index >= 15 is 0 Å². The molecule has 0 saturated carbocycles. The van der Waals surface area contributed by atoms with Gasteiger partial charge in [-0.15, -0.1) is 0 Å². The molecule has 0 bridgehead atoms. The van der Waals surface area contributed by atoms with E-state index in [4.69, 9.17) is 11.6 Å². The number of hydrogen-bond acceptors (Lipinski definition) is 1. The van der Waals surface area contributed by atoms with Gasteiger partial charge in [-0.2, -0.15) is 0 Å².